The van der Waals surface area contributed by atoms with E-state index < -0.39 is 0 Å². The van der Waals surface area contributed by atoms with Gasteiger partial charge in [-0.05, 0) is 82.2 Å². The standard InChI is InChI=1S/C33H44N6O2/c1-24(22-40-3)20-38-17-18-39(21-26(38)12-15-34)31-28-11-14-33(13-10-25-7-4-5-9-29(25)33)19-30(28)35-32(36-31)41-23-27-8-6-16-37(27)2/h4-5,7,9,20,26-27H,6,8,10-14,16-19,21-23H2,1-3H3/t26-,27-,33?/m0/s1. The lowest BCUT2D eigenvalue weighted by Gasteiger charge is -2.43. The molecule has 4 aliphatic rings. The van der Waals surface area contributed by atoms with Crippen LogP contribution in [0.15, 0.2) is 36.0 Å². The maximum atomic E-state index is 9.67. The third-order valence-electron chi connectivity index (χ3n) is 9.86. The van der Waals surface area contributed by atoms with Crippen LogP contribution in [0.5, 0.6) is 6.01 Å². The molecule has 1 spiro atoms. The third kappa shape index (κ3) is 5.67. The van der Waals surface area contributed by atoms with Crippen LogP contribution in [-0.4, -0.2) is 85.4 Å². The molecule has 6 rings (SSSR count). The van der Waals surface area contributed by atoms with E-state index in [2.05, 4.69) is 65.2 Å². The van der Waals surface area contributed by atoms with E-state index in [9.17, 15) is 5.26 Å². The molecule has 0 amide bonds. The van der Waals surface area contributed by atoms with Gasteiger partial charge in [-0.1, -0.05) is 24.3 Å². The summed E-state index contributed by atoms with van der Waals surface area (Å²) in [5.74, 6) is 1.02. The van der Waals surface area contributed by atoms with E-state index in [0.29, 0.717) is 31.7 Å². The molecule has 8 heteroatoms. The Hall–Kier alpha value is -3.15. The minimum absolute atomic E-state index is 0.0966. The fraction of sp³-hybridized carbons (Fsp3) is 0.606. The van der Waals surface area contributed by atoms with Crippen molar-refractivity contribution < 1.29 is 9.47 Å². The highest BCUT2D eigenvalue weighted by Gasteiger charge is 2.43. The number of rotatable bonds is 8. The summed E-state index contributed by atoms with van der Waals surface area (Å²) < 4.78 is 11.7. The Morgan fingerprint density at radius 3 is 2.80 bits per heavy atom. The van der Waals surface area contributed by atoms with Crippen LogP contribution in [0.2, 0.25) is 0 Å². The summed E-state index contributed by atoms with van der Waals surface area (Å²) in [6, 6.07) is 12.5. The number of hydrogen-bond donors (Lipinski definition) is 0. The normalized spacial score (nSPS) is 26.2. The van der Waals surface area contributed by atoms with Crippen molar-refractivity contribution in [2.45, 2.75) is 75.8 Å². The summed E-state index contributed by atoms with van der Waals surface area (Å²) >= 11 is 0. The quantitative estimate of drug-likeness (QED) is 0.477. The van der Waals surface area contributed by atoms with E-state index in [1.807, 2.05) is 0 Å². The van der Waals surface area contributed by atoms with Gasteiger partial charge in [-0.25, -0.2) is 0 Å². The molecule has 3 heterocycles. The number of fused-ring (bicyclic) bond motifs is 3. The van der Waals surface area contributed by atoms with E-state index in [1.54, 1.807) is 7.11 Å². The average Bonchev–Trinajstić information content (AvgIpc) is 3.55. The molecule has 8 nitrogen and oxygen atoms in total. The van der Waals surface area contributed by atoms with E-state index in [4.69, 9.17) is 19.4 Å². The van der Waals surface area contributed by atoms with Crippen molar-refractivity contribution in [2.24, 2.45) is 0 Å². The molecule has 218 valence electrons. The zero-order valence-electron chi connectivity index (χ0n) is 24.9. The number of aryl methyl sites for hydroxylation is 1. The third-order valence-corrected chi connectivity index (χ3v) is 9.86. The Labute approximate surface area is 245 Å². The molecule has 1 unspecified atom stereocenters. The van der Waals surface area contributed by atoms with Crippen molar-refractivity contribution >= 4 is 5.82 Å². The summed E-state index contributed by atoms with van der Waals surface area (Å²) in [5.41, 5.74) is 6.77. The zero-order valence-corrected chi connectivity index (χ0v) is 24.9. The zero-order chi connectivity index (χ0) is 28.4. The predicted octanol–water partition coefficient (Wildman–Crippen LogP) is 4.28. The molecule has 41 heavy (non-hydrogen) atoms. The molecule has 2 aliphatic carbocycles. The number of methoxy groups -OCH3 is 1. The van der Waals surface area contributed by atoms with Gasteiger partial charge in [0, 0.05) is 50.0 Å². The topological polar surface area (TPSA) is 77.8 Å². The number of piperazine rings is 1. The maximum Gasteiger partial charge on any atom is 0.318 e. The molecule has 2 saturated heterocycles. The second kappa shape index (κ2) is 12.0. The van der Waals surface area contributed by atoms with Crippen molar-refractivity contribution in [3.05, 3.63) is 58.4 Å². The first kappa shape index (κ1) is 28.0. The van der Waals surface area contributed by atoms with Gasteiger partial charge in [0.2, 0.25) is 0 Å². The molecule has 0 saturated carbocycles. The highest BCUT2D eigenvalue weighted by Crippen LogP contribution is 2.48. The van der Waals surface area contributed by atoms with Crippen LogP contribution in [0.1, 0.15) is 61.4 Å². The molecule has 2 aliphatic heterocycles. The largest absolute Gasteiger partial charge is 0.462 e. The first-order valence-electron chi connectivity index (χ1n) is 15.3. The number of benzene rings is 1. The first-order valence-corrected chi connectivity index (χ1v) is 15.3. The lowest BCUT2D eigenvalue weighted by atomic mass is 9.69. The molecule has 0 bridgehead atoms. The number of likely N-dealkylation sites (N-methyl/N-ethyl adjacent to an activating group) is 1. The van der Waals surface area contributed by atoms with Gasteiger partial charge in [0.25, 0.3) is 0 Å². The fourth-order valence-corrected chi connectivity index (χ4v) is 7.63. The number of likely N-dealkylation sites (tertiary alicyclic amines) is 1. The van der Waals surface area contributed by atoms with Crippen LogP contribution in [-0.2, 0) is 29.4 Å². The Kier molecular flexibility index (Phi) is 8.19. The highest BCUT2D eigenvalue weighted by molar-refractivity contribution is 5.54. The lowest BCUT2D eigenvalue weighted by Crippen LogP contribution is -2.51. The first-order chi connectivity index (χ1) is 20.0. The summed E-state index contributed by atoms with van der Waals surface area (Å²) in [5, 5.41) is 9.67. The molecule has 1 aromatic carbocycles. The van der Waals surface area contributed by atoms with Gasteiger partial charge < -0.3 is 24.2 Å². The highest BCUT2D eigenvalue weighted by atomic mass is 16.5. The number of nitrogens with zero attached hydrogens (tertiary/aromatic N) is 6. The maximum absolute atomic E-state index is 9.67. The van der Waals surface area contributed by atoms with E-state index >= 15 is 0 Å². The Bertz CT molecular complexity index is 1320. The van der Waals surface area contributed by atoms with Crippen molar-refractivity contribution in [3.63, 3.8) is 0 Å². The number of hydrogen-bond acceptors (Lipinski definition) is 8. The Morgan fingerprint density at radius 2 is 2.00 bits per heavy atom. The predicted molar refractivity (Wildman–Crippen MR) is 160 cm³/mol. The Morgan fingerprint density at radius 1 is 1.15 bits per heavy atom. The Balaban J connectivity index is 1.31. The van der Waals surface area contributed by atoms with Crippen LogP contribution in [0, 0.1) is 11.3 Å². The van der Waals surface area contributed by atoms with Gasteiger partial charge in [0.05, 0.1) is 30.8 Å². The van der Waals surface area contributed by atoms with Gasteiger partial charge in [-0.3, -0.25) is 0 Å². The number of aromatic nitrogens is 2. The molecule has 0 N–H and O–H groups in total. The number of nitriles is 1. The van der Waals surface area contributed by atoms with Crippen molar-refractivity contribution in [3.8, 4) is 12.1 Å². The second-order valence-electron chi connectivity index (χ2n) is 12.6. The van der Waals surface area contributed by atoms with Crippen molar-refractivity contribution in [2.75, 3.05) is 58.5 Å². The van der Waals surface area contributed by atoms with Crippen molar-refractivity contribution in [1.82, 2.24) is 19.8 Å². The van der Waals surface area contributed by atoms with Crippen LogP contribution in [0.4, 0.5) is 5.82 Å². The summed E-state index contributed by atoms with van der Waals surface area (Å²) in [4.78, 5) is 17.3. The molecular formula is C33H44N6O2. The average molecular weight is 557 g/mol. The van der Waals surface area contributed by atoms with E-state index in [0.717, 1.165) is 75.4 Å². The molecule has 2 aromatic rings. The molecular weight excluding hydrogens is 512 g/mol. The molecule has 3 atom stereocenters. The van der Waals surface area contributed by atoms with Gasteiger partial charge in [-0.2, -0.15) is 15.2 Å². The molecule has 2 fully saturated rings. The van der Waals surface area contributed by atoms with Gasteiger partial charge in [0.1, 0.15) is 12.4 Å². The molecule has 1 aromatic heterocycles. The smallest absolute Gasteiger partial charge is 0.318 e. The fourth-order valence-electron chi connectivity index (χ4n) is 7.63. The van der Waals surface area contributed by atoms with Gasteiger partial charge in [-0.15, -0.1) is 0 Å². The number of ether oxygens (including phenoxy) is 2. The molecule has 0 radical (unpaired) electrons. The van der Waals surface area contributed by atoms with Crippen LogP contribution in [0.3, 0.4) is 0 Å². The van der Waals surface area contributed by atoms with E-state index in [1.165, 1.54) is 29.5 Å². The summed E-state index contributed by atoms with van der Waals surface area (Å²) in [6.07, 6.45) is 10.4. The summed E-state index contributed by atoms with van der Waals surface area (Å²) in [7, 11) is 3.90. The van der Waals surface area contributed by atoms with Gasteiger partial charge in [0.15, 0.2) is 0 Å². The summed E-state index contributed by atoms with van der Waals surface area (Å²) in [6.45, 7) is 6.87. The monoisotopic (exact) mass is 556 g/mol. The minimum atomic E-state index is 0.0966. The van der Waals surface area contributed by atoms with Gasteiger partial charge >= 0.3 is 6.01 Å². The number of anilines is 1. The minimum Gasteiger partial charge on any atom is -0.462 e. The van der Waals surface area contributed by atoms with Crippen molar-refractivity contribution in [1.29, 1.82) is 5.26 Å². The van der Waals surface area contributed by atoms with Crippen LogP contribution < -0.4 is 9.64 Å². The van der Waals surface area contributed by atoms with Crippen LogP contribution >= 0.6 is 0 Å². The van der Waals surface area contributed by atoms with E-state index in [-0.39, 0.29) is 11.5 Å². The second-order valence-corrected chi connectivity index (χ2v) is 12.6. The lowest BCUT2D eigenvalue weighted by molar-refractivity contribution is 0.186. The van der Waals surface area contributed by atoms with Crippen LogP contribution in [0.25, 0.3) is 0 Å². The SMILES string of the molecule is COCC(C)=CN1CCN(c2nc(OC[C@@H]3CCCN3C)nc3c2CCC2(CCc4ccccc42)C3)C[C@@H]1CC#N.